The summed E-state index contributed by atoms with van der Waals surface area (Å²) < 4.78 is 21.3. The topological polar surface area (TPSA) is 87.0 Å². The standard InChI is InChI=1S/C23H25NO6/c1-14-18(13-21(25)24-9-8-15-6-5-7-16(10-15)27-2)23(26)30-20-12-17(28-3)11-19(29-4)22(14)20/h5-7,10-12H,8-9,13H2,1-4H3,(H,24,25). The minimum atomic E-state index is -0.543. The van der Waals surface area contributed by atoms with Crippen LogP contribution < -0.4 is 25.2 Å². The van der Waals surface area contributed by atoms with E-state index in [9.17, 15) is 9.59 Å². The Morgan fingerprint density at radius 1 is 1.03 bits per heavy atom. The third-order valence-electron chi connectivity index (χ3n) is 4.98. The van der Waals surface area contributed by atoms with Crippen molar-refractivity contribution in [3.05, 3.63) is 63.5 Å². The van der Waals surface area contributed by atoms with Crippen LogP contribution in [0.5, 0.6) is 17.2 Å². The number of aryl methyl sites for hydroxylation is 1. The molecule has 0 aliphatic carbocycles. The lowest BCUT2D eigenvalue weighted by atomic mass is 10.0. The fraction of sp³-hybridized carbons (Fsp3) is 0.304. The molecule has 3 rings (SSSR count). The zero-order valence-corrected chi connectivity index (χ0v) is 17.5. The van der Waals surface area contributed by atoms with E-state index in [0.29, 0.717) is 46.6 Å². The van der Waals surface area contributed by atoms with Crippen LogP contribution >= 0.6 is 0 Å². The van der Waals surface area contributed by atoms with E-state index >= 15 is 0 Å². The number of hydrogen-bond donors (Lipinski definition) is 1. The number of carbonyl (C=O) groups is 1. The molecule has 2 aromatic carbocycles. The van der Waals surface area contributed by atoms with Crippen LogP contribution in [0.25, 0.3) is 11.0 Å². The first kappa shape index (κ1) is 21.2. The van der Waals surface area contributed by atoms with Gasteiger partial charge in [0, 0.05) is 18.7 Å². The van der Waals surface area contributed by atoms with Gasteiger partial charge in [0.25, 0.3) is 0 Å². The van der Waals surface area contributed by atoms with Gasteiger partial charge in [-0.2, -0.15) is 0 Å². The van der Waals surface area contributed by atoms with Crippen molar-refractivity contribution < 1.29 is 23.4 Å². The van der Waals surface area contributed by atoms with E-state index in [1.165, 1.54) is 14.2 Å². The van der Waals surface area contributed by atoms with Gasteiger partial charge in [-0.05, 0) is 36.6 Å². The summed E-state index contributed by atoms with van der Waals surface area (Å²) >= 11 is 0. The van der Waals surface area contributed by atoms with Crippen LogP contribution in [-0.2, 0) is 17.6 Å². The minimum absolute atomic E-state index is 0.0720. The number of ether oxygens (including phenoxy) is 3. The summed E-state index contributed by atoms with van der Waals surface area (Å²) in [6, 6.07) is 11.0. The van der Waals surface area contributed by atoms with Crippen LogP contribution in [0.1, 0.15) is 16.7 Å². The van der Waals surface area contributed by atoms with Crippen molar-refractivity contribution in [2.45, 2.75) is 19.8 Å². The molecule has 3 aromatic rings. The van der Waals surface area contributed by atoms with Crippen LogP contribution in [0.3, 0.4) is 0 Å². The second-order valence-electron chi connectivity index (χ2n) is 6.82. The van der Waals surface area contributed by atoms with E-state index in [1.54, 1.807) is 26.2 Å². The van der Waals surface area contributed by atoms with E-state index in [4.69, 9.17) is 18.6 Å². The molecule has 0 aliphatic rings. The van der Waals surface area contributed by atoms with E-state index in [0.717, 1.165) is 11.3 Å². The molecule has 1 amide bonds. The Morgan fingerprint density at radius 3 is 2.50 bits per heavy atom. The molecule has 0 fully saturated rings. The van der Waals surface area contributed by atoms with Crippen LogP contribution in [0.15, 0.2) is 45.6 Å². The number of rotatable bonds is 8. The second kappa shape index (κ2) is 9.35. The van der Waals surface area contributed by atoms with Crippen LogP contribution in [0.4, 0.5) is 0 Å². The van der Waals surface area contributed by atoms with E-state index in [2.05, 4.69) is 5.32 Å². The predicted molar refractivity (Wildman–Crippen MR) is 114 cm³/mol. The number of hydrogen-bond acceptors (Lipinski definition) is 6. The first-order valence-electron chi connectivity index (χ1n) is 9.54. The predicted octanol–water partition coefficient (Wildman–Crippen LogP) is 3.03. The molecule has 0 atom stereocenters. The Hall–Kier alpha value is -3.48. The molecule has 1 N–H and O–H groups in total. The Bertz CT molecular complexity index is 1120. The summed E-state index contributed by atoms with van der Waals surface area (Å²) in [5.74, 6) is 1.56. The summed E-state index contributed by atoms with van der Waals surface area (Å²) in [5.41, 5.74) is 1.83. The molecule has 30 heavy (non-hydrogen) atoms. The Kier molecular flexibility index (Phi) is 6.61. The zero-order chi connectivity index (χ0) is 21.7. The molecular formula is C23H25NO6. The van der Waals surface area contributed by atoms with Gasteiger partial charge < -0.3 is 23.9 Å². The smallest absolute Gasteiger partial charge is 0.340 e. The first-order valence-corrected chi connectivity index (χ1v) is 9.54. The highest BCUT2D eigenvalue weighted by Gasteiger charge is 2.18. The van der Waals surface area contributed by atoms with Crippen molar-refractivity contribution in [3.63, 3.8) is 0 Å². The molecule has 0 radical (unpaired) electrons. The molecule has 0 saturated heterocycles. The molecule has 0 spiro atoms. The van der Waals surface area contributed by atoms with Gasteiger partial charge >= 0.3 is 5.63 Å². The van der Waals surface area contributed by atoms with E-state index in [1.807, 2.05) is 24.3 Å². The van der Waals surface area contributed by atoms with Gasteiger partial charge in [-0.1, -0.05) is 12.1 Å². The lowest BCUT2D eigenvalue weighted by molar-refractivity contribution is -0.120. The van der Waals surface area contributed by atoms with Crippen molar-refractivity contribution in [2.24, 2.45) is 0 Å². The monoisotopic (exact) mass is 411 g/mol. The third-order valence-corrected chi connectivity index (χ3v) is 4.98. The van der Waals surface area contributed by atoms with Crippen LogP contribution in [0.2, 0.25) is 0 Å². The maximum Gasteiger partial charge on any atom is 0.340 e. The van der Waals surface area contributed by atoms with Crippen LogP contribution in [0, 0.1) is 6.92 Å². The quantitative estimate of drug-likeness (QED) is 0.574. The van der Waals surface area contributed by atoms with Gasteiger partial charge in [-0.3, -0.25) is 4.79 Å². The van der Waals surface area contributed by atoms with Crippen LogP contribution in [-0.4, -0.2) is 33.8 Å². The molecular weight excluding hydrogens is 386 g/mol. The van der Waals surface area contributed by atoms with Gasteiger partial charge in [0.05, 0.1) is 38.7 Å². The largest absolute Gasteiger partial charge is 0.497 e. The summed E-state index contributed by atoms with van der Waals surface area (Å²) in [6.45, 7) is 2.23. The van der Waals surface area contributed by atoms with Crippen molar-refractivity contribution in [2.75, 3.05) is 27.9 Å². The summed E-state index contributed by atoms with van der Waals surface area (Å²) in [4.78, 5) is 25.0. The van der Waals surface area contributed by atoms with E-state index < -0.39 is 5.63 Å². The highest BCUT2D eigenvalue weighted by Crippen LogP contribution is 2.33. The Morgan fingerprint density at radius 2 is 1.80 bits per heavy atom. The number of amides is 1. The Balaban J connectivity index is 1.76. The van der Waals surface area contributed by atoms with Crippen molar-refractivity contribution >= 4 is 16.9 Å². The summed E-state index contributed by atoms with van der Waals surface area (Å²) in [6.07, 6.45) is 0.583. The highest BCUT2D eigenvalue weighted by atomic mass is 16.5. The average molecular weight is 411 g/mol. The minimum Gasteiger partial charge on any atom is -0.497 e. The fourth-order valence-electron chi connectivity index (χ4n) is 3.36. The lowest BCUT2D eigenvalue weighted by Gasteiger charge is -2.13. The number of carbonyl (C=O) groups excluding carboxylic acids is 1. The number of fused-ring (bicyclic) bond motifs is 1. The molecule has 0 aliphatic heterocycles. The number of methoxy groups -OCH3 is 3. The third kappa shape index (κ3) is 4.56. The van der Waals surface area contributed by atoms with Crippen molar-refractivity contribution in [1.82, 2.24) is 5.32 Å². The highest BCUT2D eigenvalue weighted by molar-refractivity contribution is 5.90. The SMILES string of the molecule is COc1cccc(CCNC(=O)Cc2c(C)c3c(OC)cc(OC)cc3oc2=O)c1. The molecule has 0 unspecified atom stereocenters. The maximum absolute atomic E-state index is 12.5. The summed E-state index contributed by atoms with van der Waals surface area (Å²) in [7, 11) is 4.67. The molecule has 7 heteroatoms. The number of nitrogens with one attached hydrogen (secondary N) is 1. The van der Waals surface area contributed by atoms with Gasteiger partial charge in [0.15, 0.2) is 0 Å². The number of benzene rings is 2. The molecule has 1 aromatic heterocycles. The molecule has 0 bridgehead atoms. The van der Waals surface area contributed by atoms with Crippen molar-refractivity contribution in [1.29, 1.82) is 0 Å². The maximum atomic E-state index is 12.5. The molecule has 1 heterocycles. The normalized spacial score (nSPS) is 10.7. The van der Waals surface area contributed by atoms with E-state index in [-0.39, 0.29) is 12.3 Å². The zero-order valence-electron chi connectivity index (χ0n) is 17.5. The Labute approximate surface area is 174 Å². The first-order chi connectivity index (χ1) is 14.5. The second-order valence-corrected chi connectivity index (χ2v) is 6.82. The summed E-state index contributed by atoms with van der Waals surface area (Å²) in [5, 5.41) is 3.50. The van der Waals surface area contributed by atoms with Gasteiger partial charge in [0.1, 0.15) is 22.8 Å². The van der Waals surface area contributed by atoms with Crippen molar-refractivity contribution in [3.8, 4) is 17.2 Å². The molecule has 158 valence electrons. The molecule has 0 saturated carbocycles. The lowest BCUT2D eigenvalue weighted by Crippen LogP contribution is -2.29. The van der Waals surface area contributed by atoms with Gasteiger partial charge in [-0.25, -0.2) is 4.79 Å². The van der Waals surface area contributed by atoms with Gasteiger partial charge in [-0.15, -0.1) is 0 Å². The fourth-order valence-corrected chi connectivity index (χ4v) is 3.36. The van der Waals surface area contributed by atoms with Gasteiger partial charge in [0.2, 0.25) is 5.91 Å². The molecule has 7 nitrogen and oxygen atoms in total. The average Bonchev–Trinajstić information content (AvgIpc) is 2.75.